The number of aromatic amines is 1. The highest BCUT2D eigenvalue weighted by molar-refractivity contribution is 9.10. The molecule has 0 bridgehead atoms. The molecule has 0 saturated carbocycles. The molecule has 1 aromatic carbocycles. The van der Waals surface area contributed by atoms with Crippen LogP contribution in [-0.4, -0.2) is 21.2 Å². The highest BCUT2D eigenvalue weighted by Crippen LogP contribution is 2.22. The number of nitrogens with zero attached hydrogens (tertiary/aromatic N) is 2. The Morgan fingerprint density at radius 2 is 2.21 bits per heavy atom. The second kappa shape index (κ2) is 7.23. The smallest absolute Gasteiger partial charge is 0.141 e. The van der Waals surface area contributed by atoms with Crippen molar-refractivity contribution < 1.29 is 0 Å². The van der Waals surface area contributed by atoms with Crippen LogP contribution in [0.25, 0.3) is 16.6 Å². The largest absolute Gasteiger partial charge is 0.380 e. The number of aromatic nitrogens is 3. The number of H-pyrrole nitrogens is 1. The molecule has 0 aliphatic heterocycles. The SMILES string of the molecule is C=CC(N/C=C(\C=N)c1ncnc2[nH]ccc12)c1cccc(Br)c1. The van der Waals surface area contributed by atoms with E-state index >= 15 is 0 Å². The average molecular weight is 382 g/mol. The third kappa shape index (κ3) is 3.28. The first kappa shape index (κ1) is 16.1. The van der Waals surface area contributed by atoms with E-state index in [0.29, 0.717) is 11.3 Å². The molecule has 0 amide bonds. The number of hydrogen-bond acceptors (Lipinski definition) is 4. The van der Waals surface area contributed by atoms with E-state index in [1.165, 1.54) is 12.5 Å². The molecule has 6 heteroatoms. The van der Waals surface area contributed by atoms with Crippen molar-refractivity contribution in [3.63, 3.8) is 0 Å². The summed E-state index contributed by atoms with van der Waals surface area (Å²) in [4.78, 5) is 11.5. The van der Waals surface area contributed by atoms with Crippen LogP contribution >= 0.6 is 15.9 Å². The van der Waals surface area contributed by atoms with E-state index in [-0.39, 0.29) is 6.04 Å². The highest BCUT2D eigenvalue weighted by Gasteiger charge is 2.10. The Labute approximate surface area is 148 Å². The van der Waals surface area contributed by atoms with Gasteiger partial charge in [-0.05, 0) is 23.8 Å². The van der Waals surface area contributed by atoms with Crippen molar-refractivity contribution >= 4 is 38.8 Å². The quantitative estimate of drug-likeness (QED) is 0.441. The Morgan fingerprint density at radius 1 is 1.33 bits per heavy atom. The van der Waals surface area contributed by atoms with Gasteiger partial charge < -0.3 is 15.7 Å². The van der Waals surface area contributed by atoms with Crippen molar-refractivity contribution in [2.75, 3.05) is 0 Å². The lowest BCUT2D eigenvalue weighted by atomic mass is 10.1. The first-order chi connectivity index (χ1) is 11.7. The van der Waals surface area contributed by atoms with Gasteiger partial charge in [-0.2, -0.15) is 0 Å². The van der Waals surface area contributed by atoms with Crippen LogP contribution in [0.5, 0.6) is 0 Å². The van der Waals surface area contributed by atoms with Gasteiger partial charge in [0.15, 0.2) is 0 Å². The van der Waals surface area contributed by atoms with E-state index in [0.717, 1.165) is 21.1 Å². The summed E-state index contributed by atoms with van der Waals surface area (Å²) in [6.45, 7) is 3.89. The molecule has 3 N–H and O–H groups in total. The summed E-state index contributed by atoms with van der Waals surface area (Å²) in [7, 11) is 0. The summed E-state index contributed by atoms with van der Waals surface area (Å²) < 4.78 is 1.01. The maximum absolute atomic E-state index is 7.73. The summed E-state index contributed by atoms with van der Waals surface area (Å²) in [6, 6.07) is 9.85. The van der Waals surface area contributed by atoms with Gasteiger partial charge >= 0.3 is 0 Å². The minimum absolute atomic E-state index is 0.0685. The molecular formula is C18H16BrN5. The van der Waals surface area contributed by atoms with Crippen molar-refractivity contribution in [1.82, 2.24) is 20.3 Å². The number of hydrogen-bond donors (Lipinski definition) is 3. The Bertz CT molecular complexity index is 912. The number of benzene rings is 1. The molecule has 1 unspecified atom stereocenters. The second-order valence-electron chi connectivity index (χ2n) is 5.14. The van der Waals surface area contributed by atoms with Crippen molar-refractivity contribution in [2.24, 2.45) is 0 Å². The molecule has 0 radical (unpaired) electrons. The van der Waals surface area contributed by atoms with E-state index in [1.807, 2.05) is 42.6 Å². The van der Waals surface area contributed by atoms with Gasteiger partial charge in [-0.1, -0.05) is 34.1 Å². The van der Waals surface area contributed by atoms with Gasteiger partial charge in [0.05, 0.1) is 11.7 Å². The van der Waals surface area contributed by atoms with Crippen molar-refractivity contribution in [2.45, 2.75) is 6.04 Å². The molecule has 2 aromatic heterocycles. The van der Waals surface area contributed by atoms with Crippen LogP contribution in [0.15, 0.2) is 66.2 Å². The van der Waals surface area contributed by atoms with Crippen LogP contribution in [-0.2, 0) is 0 Å². The van der Waals surface area contributed by atoms with Gasteiger partial charge in [-0.3, -0.25) is 0 Å². The van der Waals surface area contributed by atoms with Crippen LogP contribution in [0.4, 0.5) is 0 Å². The standard InChI is InChI=1S/C18H16BrN5/c1-2-16(12-4-3-5-14(19)8-12)22-10-13(9-20)17-15-6-7-21-18(15)24-11-23-17/h2-11,16,20,22H,1H2,(H,21,23,24)/b13-10+,20-9?. The molecule has 3 aromatic rings. The monoisotopic (exact) mass is 381 g/mol. The van der Waals surface area contributed by atoms with Gasteiger partial charge in [-0.25, -0.2) is 9.97 Å². The number of nitrogens with one attached hydrogen (secondary N) is 3. The Kier molecular flexibility index (Phi) is 4.86. The van der Waals surface area contributed by atoms with E-state index in [2.05, 4.69) is 42.8 Å². The lowest BCUT2D eigenvalue weighted by Crippen LogP contribution is -2.14. The first-order valence-corrected chi connectivity index (χ1v) is 8.15. The predicted molar refractivity (Wildman–Crippen MR) is 101 cm³/mol. The fourth-order valence-electron chi connectivity index (χ4n) is 2.46. The zero-order valence-electron chi connectivity index (χ0n) is 12.8. The fourth-order valence-corrected chi connectivity index (χ4v) is 2.88. The fraction of sp³-hybridized carbons (Fsp3) is 0.0556. The molecule has 0 aliphatic rings. The molecule has 0 aliphatic carbocycles. The van der Waals surface area contributed by atoms with E-state index in [4.69, 9.17) is 5.41 Å². The lowest BCUT2D eigenvalue weighted by molar-refractivity contribution is 0.758. The van der Waals surface area contributed by atoms with Gasteiger partial charge in [0.25, 0.3) is 0 Å². The molecule has 120 valence electrons. The first-order valence-electron chi connectivity index (χ1n) is 7.36. The van der Waals surface area contributed by atoms with Gasteiger partial charge in [0, 0.05) is 34.0 Å². The number of halogens is 1. The van der Waals surface area contributed by atoms with Crippen LogP contribution in [0.2, 0.25) is 0 Å². The van der Waals surface area contributed by atoms with Crippen molar-refractivity contribution in [1.29, 1.82) is 5.41 Å². The number of rotatable bonds is 6. The summed E-state index contributed by atoms with van der Waals surface area (Å²) >= 11 is 3.48. The van der Waals surface area contributed by atoms with Crippen molar-refractivity contribution in [3.05, 3.63) is 77.4 Å². The Hall–Kier alpha value is -2.73. The van der Waals surface area contributed by atoms with Crippen molar-refractivity contribution in [3.8, 4) is 0 Å². The Balaban J connectivity index is 1.92. The molecule has 5 nitrogen and oxygen atoms in total. The highest BCUT2D eigenvalue weighted by atomic mass is 79.9. The third-order valence-electron chi connectivity index (χ3n) is 3.64. The average Bonchev–Trinajstić information content (AvgIpc) is 3.08. The van der Waals surface area contributed by atoms with Crippen LogP contribution < -0.4 is 5.32 Å². The van der Waals surface area contributed by atoms with E-state index in [1.54, 1.807) is 6.20 Å². The molecule has 0 saturated heterocycles. The Morgan fingerprint density at radius 3 is 2.96 bits per heavy atom. The zero-order chi connectivity index (χ0) is 16.9. The van der Waals surface area contributed by atoms with Gasteiger partial charge in [0.1, 0.15) is 12.0 Å². The second-order valence-corrected chi connectivity index (χ2v) is 6.06. The molecule has 3 rings (SSSR count). The predicted octanol–water partition coefficient (Wildman–Crippen LogP) is 4.23. The number of allylic oxidation sites excluding steroid dienone is 1. The molecule has 0 spiro atoms. The molecule has 24 heavy (non-hydrogen) atoms. The lowest BCUT2D eigenvalue weighted by Gasteiger charge is -2.14. The van der Waals surface area contributed by atoms with E-state index < -0.39 is 0 Å². The maximum atomic E-state index is 7.73. The summed E-state index contributed by atoms with van der Waals surface area (Å²) in [6.07, 6.45) is 8.19. The van der Waals surface area contributed by atoms with Crippen LogP contribution in [0.3, 0.4) is 0 Å². The topological polar surface area (TPSA) is 77.5 Å². The molecule has 0 fully saturated rings. The minimum Gasteiger partial charge on any atom is -0.380 e. The zero-order valence-corrected chi connectivity index (χ0v) is 14.4. The summed E-state index contributed by atoms with van der Waals surface area (Å²) in [5.74, 6) is 0. The molecular weight excluding hydrogens is 366 g/mol. The van der Waals surface area contributed by atoms with Gasteiger partial charge in [-0.15, -0.1) is 6.58 Å². The summed E-state index contributed by atoms with van der Waals surface area (Å²) in [5.41, 5.74) is 3.21. The minimum atomic E-state index is -0.0685. The third-order valence-corrected chi connectivity index (χ3v) is 4.14. The van der Waals surface area contributed by atoms with E-state index in [9.17, 15) is 0 Å². The number of fused-ring (bicyclic) bond motifs is 1. The summed E-state index contributed by atoms with van der Waals surface area (Å²) in [5, 5.41) is 11.9. The molecule has 2 heterocycles. The van der Waals surface area contributed by atoms with Crippen LogP contribution in [0.1, 0.15) is 17.3 Å². The van der Waals surface area contributed by atoms with Gasteiger partial charge in [0.2, 0.25) is 0 Å². The molecule has 1 atom stereocenters. The maximum Gasteiger partial charge on any atom is 0.141 e. The van der Waals surface area contributed by atoms with Crippen LogP contribution in [0, 0.1) is 5.41 Å². The normalized spacial score (nSPS) is 12.8.